The van der Waals surface area contributed by atoms with Gasteiger partial charge in [-0.25, -0.2) is 0 Å². The lowest BCUT2D eigenvalue weighted by atomic mass is 10.1. The molecule has 88 valence electrons. The van der Waals surface area contributed by atoms with E-state index in [0.717, 1.165) is 6.29 Å². The van der Waals surface area contributed by atoms with Gasteiger partial charge in [0.1, 0.15) is 0 Å². The Bertz CT molecular complexity index is 539. The first-order chi connectivity index (χ1) is 8.02. The predicted molar refractivity (Wildman–Crippen MR) is 63.6 cm³/mol. The van der Waals surface area contributed by atoms with Gasteiger partial charge in [0.25, 0.3) is 0 Å². The van der Waals surface area contributed by atoms with E-state index in [9.17, 15) is 4.79 Å². The van der Waals surface area contributed by atoms with Gasteiger partial charge in [0.05, 0.1) is 5.54 Å². The van der Waals surface area contributed by atoms with Crippen LogP contribution in [-0.4, -0.2) is 26.5 Å². The van der Waals surface area contributed by atoms with Crippen molar-refractivity contribution in [1.29, 1.82) is 0 Å². The number of carbonyl (C=O) groups is 1. The summed E-state index contributed by atoms with van der Waals surface area (Å²) in [4.78, 5) is 12.5. The quantitative estimate of drug-likeness (QED) is 0.739. The summed E-state index contributed by atoms with van der Waals surface area (Å²) in [7, 11) is 0. The van der Waals surface area contributed by atoms with Crippen LogP contribution in [0.4, 0.5) is 0 Å². The highest BCUT2D eigenvalue weighted by atomic mass is 16.1. The molecular weight excluding hydrogens is 216 g/mol. The number of aldehydes is 1. The Kier molecular flexibility index (Phi) is 2.75. The minimum atomic E-state index is -0.221. The molecule has 0 aliphatic carbocycles. The van der Waals surface area contributed by atoms with E-state index in [1.54, 1.807) is 16.9 Å². The molecule has 0 saturated heterocycles. The van der Waals surface area contributed by atoms with Crippen LogP contribution in [0.15, 0.2) is 24.3 Å². The van der Waals surface area contributed by atoms with E-state index >= 15 is 0 Å². The van der Waals surface area contributed by atoms with Gasteiger partial charge in [-0.3, -0.25) is 4.79 Å². The standard InChI is InChI=1S/C12H14N4O/c1-12(2,3)16-14-11(13-15-16)10-7-5-4-6-9(10)8-17/h4-8H,1-3H3. The zero-order chi connectivity index (χ0) is 12.5. The number of rotatable bonds is 2. The number of aromatic nitrogens is 4. The van der Waals surface area contributed by atoms with Crippen molar-refractivity contribution >= 4 is 6.29 Å². The van der Waals surface area contributed by atoms with Gasteiger partial charge in [0.15, 0.2) is 6.29 Å². The van der Waals surface area contributed by atoms with E-state index in [-0.39, 0.29) is 5.54 Å². The van der Waals surface area contributed by atoms with Crippen molar-refractivity contribution in [3.8, 4) is 11.4 Å². The molecule has 0 amide bonds. The van der Waals surface area contributed by atoms with E-state index < -0.39 is 0 Å². The summed E-state index contributed by atoms with van der Waals surface area (Å²) in [5, 5.41) is 12.3. The molecule has 0 spiro atoms. The van der Waals surface area contributed by atoms with Crippen molar-refractivity contribution in [2.45, 2.75) is 26.3 Å². The predicted octanol–water partition coefficient (Wildman–Crippen LogP) is 1.91. The largest absolute Gasteiger partial charge is 0.298 e. The van der Waals surface area contributed by atoms with Crippen LogP contribution < -0.4 is 0 Å². The van der Waals surface area contributed by atoms with Gasteiger partial charge in [0, 0.05) is 11.1 Å². The Morgan fingerprint density at radius 2 is 1.94 bits per heavy atom. The van der Waals surface area contributed by atoms with Crippen molar-refractivity contribution in [3.05, 3.63) is 29.8 Å². The third-order valence-electron chi connectivity index (χ3n) is 2.34. The van der Waals surface area contributed by atoms with E-state index in [1.807, 2.05) is 32.9 Å². The summed E-state index contributed by atoms with van der Waals surface area (Å²) in [5.41, 5.74) is 1.06. The zero-order valence-corrected chi connectivity index (χ0v) is 10.1. The normalized spacial score (nSPS) is 11.5. The van der Waals surface area contributed by atoms with Crippen molar-refractivity contribution in [2.75, 3.05) is 0 Å². The minimum Gasteiger partial charge on any atom is -0.298 e. The topological polar surface area (TPSA) is 60.7 Å². The molecule has 0 unspecified atom stereocenters. The molecule has 0 saturated carbocycles. The number of carbonyl (C=O) groups excluding carboxylic acids is 1. The molecule has 17 heavy (non-hydrogen) atoms. The number of tetrazole rings is 1. The molecule has 2 rings (SSSR count). The average molecular weight is 230 g/mol. The molecule has 0 fully saturated rings. The minimum absolute atomic E-state index is 0.221. The molecular formula is C12H14N4O. The first kappa shape index (κ1) is 11.4. The maximum absolute atomic E-state index is 10.9. The summed E-state index contributed by atoms with van der Waals surface area (Å²) in [6.07, 6.45) is 0.799. The van der Waals surface area contributed by atoms with E-state index in [0.29, 0.717) is 17.0 Å². The maximum atomic E-state index is 10.9. The fourth-order valence-corrected chi connectivity index (χ4v) is 1.41. The SMILES string of the molecule is CC(C)(C)n1nnc(-c2ccccc2C=O)n1. The molecule has 0 atom stereocenters. The Morgan fingerprint density at radius 1 is 1.24 bits per heavy atom. The van der Waals surface area contributed by atoms with Gasteiger partial charge in [-0.1, -0.05) is 24.3 Å². The number of hydrogen-bond acceptors (Lipinski definition) is 4. The second kappa shape index (κ2) is 4.08. The summed E-state index contributed by atoms with van der Waals surface area (Å²) in [6, 6.07) is 7.20. The molecule has 0 aliphatic heterocycles. The lowest BCUT2D eigenvalue weighted by Crippen LogP contribution is -2.24. The number of nitrogens with zero attached hydrogens (tertiary/aromatic N) is 4. The van der Waals surface area contributed by atoms with Crippen LogP contribution in [0.25, 0.3) is 11.4 Å². The summed E-state index contributed by atoms with van der Waals surface area (Å²) >= 11 is 0. The molecule has 0 N–H and O–H groups in total. The summed E-state index contributed by atoms with van der Waals surface area (Å²) in [5.74, 6) is 0.475. The van der Waals surface area contributed by atoms with Crippen LogP contribution in [0.3, 0.4) is 0 Å². The summed E-state index contributed by atoms with van der Waals surface area (Å²) < 4.78 is 0. The second-order valence-electron chi connectivity index (χ2n) is 4.78. The molecule has 5 nitrogen and oxygen atoms in total. The highest BCUT2D eigenvalue weighted by Gasteiger charge is 2.18. The maximum Gasteiger partial charge on any atom is 0.205 e. The van der Waals surface area contributed by atoms with Gasteiger partial charge < -0.3 is 0 Å². The molecule has 1 aromatic carbocycles. The highest BCUT2D eigenvalue weighted by molar-refractivity contribution is 5.85. The van der Waals surface area contributed by atoms with Crippen LogP contribution >= 0.6 is 0 Å². The molecule has 1 heterocycles. The number of benzene rings is 1. The van der Waals surface area contributed by atoms with Gasteiger partial charge in [0.2, 0.25) is 5.82 Å². The van der Waals surface area contributed by atoms with Crippen LogP contribution in [0.1, 0.15) is 31.1 Å². The third kappa shape index (κ3) is 2.22. The van der Waals surface area contributed by atoms with Crippen molar-refractivity contribution in [1.82, 2.24) is 20.2 Å². The first-order valence-corrected chi connectivity index (χ1v) is 5.37. The van der Waals surface area contributed by atoms with E-state index in [4.69, 9.17) is 0 Å². The van der Waals surface area contributed by atoms with Crippen molar-refractivity contribution < 1.29 is 4.79 Å². The molecule has 2 aromatic rings. The molecule has 0 radical (unpaired) electrons. The Labute approximate surface area is 99.5 Å². The lowest BCUT2D eigenvalue weighted by molar-refractivity contribution is 0.112. The molecule has 0 aliphatic rings. The Balaban J connectivity index is 2.47. The lowest BCUT2D eigenvalue weighted by Gasteiger charge is -2.15. The van der Waals surface area contributed by atoms with E-state index in [1.165, 1.54) is 0 Å². The molecule has 0 bridgehead atoms. The number of hydrogen-bond donors (Lipinski definition) is 0. The van der Waals surface area contributed by atoms with Crippen LogP contribution in [0.2, 0.25) is 0 Å². The van der Waals surface area contributed by atoms with Gasteiger partial charge in [-0.2, -0.15) is 4.80 Å². The van der Waals surface area contributed by atoms with Gasteiger partial charge in [-0.05, 0) is 26.0 Å². The average Bonchev–Trinajstić information content (AvgIpc) is 2.77. The van der Waals surface area contributed by atoms with Crippen LogP contribution in [0, 0.1) is 0 Å². The van der Waals surface area contributed by atoms with Crippen molar-refractivity contribution in [2.24, 2.45) is 0 Å². The van der Waals surface area contributed by atoms with Gasteiger partial charge in [-0.15, -0.1) is 10.2 Å². The monoisotopic (exact) mass is 230 g/mol. The fraction of sp³-hybridized carbons (Fsp3) is 0.333. The van der Waals surface area contributed by atoms with E-state index in [2.05, 4.69) is 15.4 Å². The highest BCUT2D eigenvalue weighted by Crippen LogP contribution is 2.19. The van der Waals surface area contributed by atoms with Crippen molar-refractivity contribution in [3.63, 3.8) is 0 Å². The Hall–Kier alpha value is -2.04. The molecule has 1 aromatic heterocycles. The second-order valence-corrected chi connectivity index (χ2v) is 4.78. The van der Waals surface area contributed by atoms with Crippen LogP contribution in [0.5, 0.6) is 0 Å². The summed E-state index contributed by atoms with van der Waals surface area (Å²) in [6.45, 7) is 5.97. The Morgan fingerprint density at radius 3 is 2.53 bits per heavy atom. The smallest absolute Gasteiger partial charge is 0.205 e. The zero-order valence-electron chi connectivity index (χ0n) is 10.1. The van der Waals surface area contributed by atoms with Crippen LogP contribution in [-0.2, 0) is 5.54 Å². The van der Waals surface area contributed by atoms with Gasteiger partial charge >= 0.3 is 0 Å². The fourth-order valence-electron chi connectivity index (χ4n) is 1.41. The first-order valence-electron chi connectivity index (χ1n) is 5.37. The third-order valence-corrected chi connectivity index (χ3v) is 2.34. The molecule has 5 heteroatoms.